The van der Waals surface area contributed by atoms with Crippen LogP contribution >= 0.6 is 0 Å². The minimum Gasteiger partial charge on any atom is -0.494 e. The summed E-state index contributed by atoms with van der Waals surface area (Å²) in [6.07, 6.45) is 1.82. The standard InChI is InChI=1S/C18H22N2O3/c21-18(22)9-5-2-6-14-23-17-12-10-16(11-13-17)20-19-15-7-3-1-4-8-15/h1,3-4,7-8,10-13,18,21-22H,2,5-6,9,14H2. The number of hydrogen-bond donors (Lipinski definition) is 2. The van der Waals surface area contributed by atoms with Crippen molar-refractivity contribution in [1.82, 2.24) is 0 Å². The molecule has 5 heteroatoms. The lowest BCUT2D eigenvalue weighted by molar-refractivity contribution is -0.0466. The molecule has 2 rings (SSSR count). The second kappa shape index (κ2) is 9.71. The number of ether oxygens (including phenoxy) is 1. The lowest BCUT2D eigenvalue weighted by atomic mass is 10.2. The Bertz CT molecular complexity index is 583. The molecule has 5 nitrogen and oxygen atoms in total. The summed E-state index contributed by atoms with van der Waals surface area (Å²) in [6, 6.07) is 17.1. The van der Waals surface area contributed by atoms with Crippen molar-refractivity contribution in [2.75, 3.05) is 6.61 Å². The number of hydrogen-bond acceptors (Lipinski definition) is 5. The van der Waals surface area contributed by atoms with Crippen molar-refractivity contribution in [1.29, 1.82) is 0 Å². The van der Waals surface area contributed by atoms with Crippen LogP contribution in [-0.2, 0) is 0 Å². The van der Waals surface area contributed by atoms with E-state index in [0.717, 1.165) is 36.4 Å². The Kier molecular flexibility index (Phi) is 7.23. The third-order valence-corrected chi connectivity index (χ3v) is 3.25. The normalized spacial score (nSPS) is 11.3. The van der Waals surface area contributed by atoms with Crippen molar-refractivity contribution in [2.45, 2.75) is 32.0 Å². The summed E-state index contributed by atoms with van der Waals surface area (Å²) in [5.41, 5.74) is 1.60. The Labute approximate surface area is 136 Å². The predicted octanol–water partition coefficient (Wildman–Crippen LogP) is 4.35. The van der Waals surface area contributed by atoms with Gasteiger partial charge in [0.2, 0.25) is 0 Å². The van der Waals surface area contributed by atoms with Gasteiger partial charge in [-0.3, -0.25) is 0 Å². The summed E-state index contributed by atoms with van der Waals surface area (Å²) in [6.45, 7) is 0.617. The van der Waals surface area contributed by atoms with Crippen LogP contribution in [0.25, 0.3) is 0 Å². The SMILES string of the molecule is OC(O)CCCCCOc1ccc(N=Nc2ccccc2)cc1. The highest BCUT2D eigenvalue weighted by Gasteiger charge is 1.98. The van der Waals surface area contributed by atoms with E-state index in [-0.39, 0.29) is 0 Å². The van der Waals surface area contributed by atoms with Crippen molar-refractivity contribution in [3.8, 4) is 5.75 Å². The van der Waals surface area contributed by atoms with E-state index >= 15 is 0 Å². The molecule has 2 aromatic rings. The van der Waals surface area contributed by atoms with Gasteiger partial charge in [-0.05, 0) is 62.1 Å². The summed E-state index contributed by atoms with van der Waals surface area (Å²) in [4.78, 5) is 0. The summed E-state index contributed by atoms with van der Waals surface area (Å²) in [5, 5.41) is 25.8. The molecule has 0 spiro atoms. The third-order valence-electron chi connectivity index (χ3n) is 3.25. The number of aliphatic hydroxyl groups excluding tert-OH is 1. The van der Waals surface area contributed by atoms with E-state index in [9.17, 15) is 0 Å². The summed E-state index contributed by atoms with van der Waals surface area (Å²) >= 11 is 0. The first-order valence-corrected chi connectivity index (χ1v) is 7.80. The minimum atomic E-state index is -1.20. The molecule has 0 aliphatic rings. The van der Waals surface area contributed by atoms with Crippen LogP contribution in [-0.4, -0.2) is 23.1 Å². The van der Waals surface area contributed by atoms with Gasteiger partial charge in [0, 0.05) is 0 Å². The van der Waals surface area contributed by atoms with Crippen molar-refractivity contribution in [2.24, 2.45) is 10.2 Å². The van der Waals surface area contributed by atoms with Gasteiger partial charge in [-0.15, -0.1) is 0 Å². The zero-order valence-electron chi connectivity index (χ0n) is 13.0. The molecule has 0 heterocycles. The quantitative estimate of drug-likeness (QED) is 0.410. The summed E-state index contributed by atoms with van der Waals surface area (Å²) in [5.74, 6) is 0.797. The zero-order valence-corrected chi connectivity index (χ0v) is 13.0. The summed E-state index contributed by atoms with van der Waals surface area (Å²) in [7, 11) is 0. The molecule has 0 unspecified atom stereocenters. The smallest absolute Gasteiger partial charge is 0.151 e. The first-order chi connectivity index (χ1) is 11.2. The predicted molar refractivity (Wildman–Crippen MR) is 89.2 cm³/mol. The van der Waals surface area contributed by atoms with Gasteiger partial charge in [-0.25, -0.2) is 0 Å². The molecule has 0 atom stereocenters. The molecule has 0 aromatic heterocycles. The van der Waals surface area contributed by atoms with Gasteiger partial charge in [0.1, 0.15) is 5.75 Å². The van der Waals surface area contributed by atoms with Crippen molar-refractivity contribution in [3.63, 3.8) is 0 Å². The fraction of sp³-hybridized carbons (Fsp3) is 0.333. The lowest BCUT2D eigenvalue weighted by Gasteiger charge is -2.06. The van der Waals surface area contributed by atoms with Crippen LogP contribution in [0.2, 0.25) is 0 Å². The molecule has 0 bridgehead atoms. The number of azo groups is 1. The van der Waals surface area contributed by atoms with Crippen molar-refractivity contribution < 1.29 is 14.9 Å². The first kappa shape index (κ1) is 17.1. The highest BCUT2D eigenvalue weighted by molar-refractivity contribution is 5.42. The van der Waals surface area contributed by atoms with Gasteiger partial charge >= 0.3 is 0 Å². The van der Waals surface area contributed by atoms with Crippen LogP contribution < -0.4 is 4.74 Å². The number of rotatable bonds is 9. The average Bonchev–Trinajstić information content (AvgIpc) is 2.58. The highest BCUT2D eigenvalue weighted by atomic mass is 16.5. The van der Waals surface area contributed by atoms with Gasteiger partial charge in [0.15, 0.2) is 6.29 Å². The maximum atomic E-state index is 8.74. The molecule has 2 N–H and O–H groups in total. The molecule has 0 aliphatic heterocycles. The van der Waals surface area contributed by atoms with E-state index in [0.29, 0.717) is 13.0 Å². The summed E-state index contributed by atoms with van der Waals surface area (Å²) < 4.78 is 5.63. The Balaban J connectivity index is 1.71. The lowest BCUT2D eigenvalue weighted by Crippen LogP contribution is -2.04. The molecule has 0 radical (unpaired) electrons. The van der Waals surface area contributed by atoms with Gasteiger partial charge in [0.05, 0.1) is 18.0 Å². The molecular weight excluding hydrogens is 292 g/mol. The Morgan fingerprint density at radius 1 is 0.783 bits per heavy atom. The number of unbranched alkanes of at least 4 members (excludes halogenated alkanes) is 2. The van der Waals surface area contributed by atoms with E-state index in [1.54, 1.807) is 0 Å². The maximum absolute atomic E-state index is 8.74. The van der Waals surface area contributed by atoms with Crippen LogP contribution in [0.15, 0.2) is 64.8 Å². The number of benzene rings is 2. The zero-order chi connectivity index (χ0) is 16.3. The third kappa shape index (κ3) is 7.04. The van der Waals surface area contributed by atoms with Gasteiger partial charge in [-0.2, -0.15) is 10.2 Å². The van der Waals surface area contributed by atoms with Gasteiger partial charge in [-0.1, -0.05) is 18.2 Å². The first-order valence-electron chi connectivity index (χ1n) is 7.80. The highest BCUT2D eigenvalue weighted by Crippen LogP contribution is 2.21. The van der Waals surface area contributed by atoms with E-state index in [1.165, 1.54) is 0 Å². The van der Waals surface area contributed by atoms with Crippen LogP contribution in [0, 0.1) is 0 Å². The molecule has 122 valence electrons. The second-order valence-electron chi connectivity index (χ2n) is 5.21. The Hall–Kier alpha value is -2.24. The molecular formula is C18H22N2O3. The van der Waals surface area contributed by atoms with Crippen LogP contribution in [0.3, 0.4) is 0 Å². The van der Waals surface area contributed by atoms with E-state index in [2.05, 4.69) is 10.2 Å². The Morgan fingerprint density at radius 3 is 2.09 bits per heavy atom. The van der Waals surface area contributed by atoms with E-state index in [1.807, 2.05) is 54.6 Å². The van der Waals surface area contributed by atoms with E-state index in [4.69, 9.17) is 14.9 Å². The topological polar surface area (TPSA) is 74.4 Å². The molecule has 2 aromatic carbocycles. The van der Waals surface area contributed by atoms with Gasteiger partial charge < -0.3 is 14.9 Å². The fourth-order valence-corrected chi connectivity index (χ4v) is 2.01. The van der Waals surface area contributed by atoms with E-state index < -0.39 is 6.29 Å². The van der Waals surface area contributed by atoms with Crippen molar-refractivity contribution in [3.05, 3.63) is 54.6 Å². The Morgan fingerprint density at radius 2 is 1.43 bits per heavy atom. The second-order valence-corrected chi connectivity index (χ2v) is 5.21. The largest absolute Gasteiger partial charge is 0.494 e. The fourth-order valence-electron chi connectivity index (χ4n) is 2.01. The minimum absolute atomic E-state index is 0.418. The molecule has 23 heavy (non-hydrogen) atoms. The maximum Gasteiger partial charge on any atom is 0.151 e. The number of nitrogens with zero attached hydrogens (tertiary/aromatic N) is 2. The molecule has 0 saturated heterocycles. The van der Waals surface area contributed by atoms with Gasteiger partial charge in [0.25, 0.3) is 0 Å². The monoisotopic (exact) mass is 314 g/mol. The van der Waals surface area contributed by atoms with Crippen LogP contribution in [0.1, 0.15) is 25.7 Å². The number of aliphatic hydroxyl groups is 2. The molecule has 0 aliphatic carbocycles. The average molecular weight is 314 g/mol. The van der Waals surface area contributed by atoms with Crippen LogP contribution in [0.5, 0.6) is 5.75 Å². The molecule has 0 saturated carbocycles. The molecule has 0 amide bonds. The molecule has 0 fully saturated rings. The van der Waals surface area contributed by atoms with Crippen LogP contribution in [0.4, 0.5) is 11.4 Å². The van der Waals surface area contributed by atoms with Crippen molar-refractivity contribution >= 4 is 11.4 Å².